The summed E-state index contributed by atoms with van der Waals surface area (Å²) in [6, 6.07) is 7.84. The zero-order chi connectivity index (χ0) is 15.0. The molecule has 0 bridgehead atoms. The first kappa shape index (κ1) is 13.8. The van der Waals surface area contributed by atoms with Crippen LogP contribution in [0.25, 0.3) is 20.3 Å². The van der Waals surface area contributed by atoms with Crippen LogP contribution in [0.5, 0.6) is 0 Å². The summed E-state index contributed by atoms with van der Waals surface area (Å²) in [5.41, 5.74) is 0.543. The van der Waals surface area contributed by atoms with Gasteiger partial charge in [-0.3, -0.25) is 14.2 Å². The van der Waals surface area contributed by atoms with Crippen LogP contribution in [-0.4, -0.2) is 21.5 Å². The quantitative estimate of drug-likeness (QED) is 0.806. The van der Waals surface area contributed by atoms with E-state index in [1.165, 1.54) is 22.2 Å². The van der Waals surface area contributed by atoms with Crippen LogP contribution in [0.4, 0.5) is 0 Å². The molecular weight excluding hydrogens is 286 g/mol. The normalized spacial score (nSPS) is 11.4. The van der Waals surface area contributed by atoms with Crippen LogP contribution in [0, 0.1) is 0 Å². The van der Waals surface area contributed by atoms with Crippen LogP contribution in [0.1, 0.15) is 13.8 Å². The van der Waals surface area contributed by atoms with E-state index < -0.39 is 0 Å². The first-order chi connectivity index (χ1) is 10.1. The Morgan fingerprint density at radius 1 is 1.38 bits per heavy atom. The predicted octanol–water partition coefficient (Wildman–Crippen LogP) is 2.14. The number of hydrogen-bond acceptors (Lipinski definition) is 4. The number of hydrogen-bond donors (Lipinski definition) is 1. The summed E-state index contributed by atoms with van der Waals surface area (Å²) in [6.07, 6.45) is 1.45. The number of nitrogens with zero attached hydrogens (tertiary/aromatic N) is 2. The minimum Gasteiger partial charge on any atom is -0.352 e. The van der Waals surface area contributed by atoms with Crippen molar-refractivity contribution in [2.24, 2.45) is 0 Å². The zero-order valence-corrected chi connectivity index (χ0v) is 12.6. The van der Waals surface area contributed by atoms with Crippen molar-refractivity contribution in [3.05, 3.63) is 40.9 Å². The first-order valence-electron chi connectivity index (χ1n) is 6.72. The van der Waals surface area contributed by atoms with E-state index in [2.05, 4.69) is 10.3 Å². The molecule has 3 rings (SSSR count). The Kier molecular flexibility index (Phi) is 3.47. The van der Waals surface area contributed by atoms with Crippen molar-refractivity contribution in [1.29, 1.82) is 0 Å². The molecule has 0 saturated carbocycles. The van der Waals surface area contributed by atoms with Crippen molar-refractivity contribution in [3.8, 4) is 0 Å². The maximum Gasteiger partial charge on any atom is 0.271 e. The van der Waals surface area contributed by atoms with Gasteiger partial charge in [0.2, 0.25) is 5.91 Å². The van der Waals surface area contributed by atoms with Gasteiger partial charge in [0.25, 0.3) is 5.56 Å². The monoisotopic (exact) mass is 301 g/mol. The summed E-state index contributed by atoms with van der Waals surface area (Å²) < 4.78 is 2.98. The highest BCUT2D eigenvalue weighted by Crippen LogP contribution is 2.29. The number of carbonyl (C=O) groups is 1. The molecule has 1 amide bonds. The maximum absolute atomic E-state index is 12.5. The van der Waals surface area contributed by atoms with E-state index >= 15 is 0 Å². The van der Waals surface area contributed by atoms with Crippen LogP contribution in [0.15, 0.2) is 35.4 Å². The summed E-state index contributed by atoms with van der Waals surface area (Å²) >= 11 is 1.42. The minimum absolute atomic E-state index is 0.00576. The average molecular weight is 301 g/mol. The third-order valence-corrected chi connectivity index (χ3v) is 4.26. The molecule has 0 atom stereocenters. The molecule has 0 unspecified atom stereocenters. The van der Waals surface area contributed by atoms with E-state index in [4.69, 9.17) is 0 Å². The van der Waals surface area contributed by atoms with Crippen molar-refractivity contribution in [2.75, 3.05) is 0 Å². The van der Waals surface area contributed by atoms with Gasteiger partial charge in [-0.15, -0.1) is 11.3 Å². The van der Waals surface area contributed by atoms with Crippen molar-refractivity contribution < 1.29 is 4.79 Å². The molecule has 2 aromatic heterocycles. The van der Waals surface area contributed by atoms with E-state index in [-0.39, 0.29) is 24.1 Å². The predicted molar refractivity (Wildman–Crippen MR) is 84.7 cm³/mol. The smallest absolute Gasteiger partial charge is 0.271 e. The lowest BCUT2D eigenvalue weighted by molar-refractivity contribution is -0.122. The summed E-state index contributed by atoms with van der Waals surface area (Å²) in [7, 11) is 0. The molecule has 3 aromatic rings. The van der Waals surface area contributed by atoms with Gasteiger partial charge in [0.1, 0.15) is 11.2 Å². The molecule has 0 fully saturated rings. The summed E-state index contributed by atoms with van der Waals surface area (Å²) in [6.45, 7) is 3.76. The fourth-order valence-corrected chi connectivity index (χ4v) is 3.36. The topological polar surface area (TPSA) is 64.0 Å². The molecule has 0 spiro atoms. The molecule has 0 aliphatic rings. The molecule has 0 saturated heterocycles. The second-order valence-electron chi connectivity index (χ2n) is 5.18. The lowest BCUT2D eigenvalue weighted by Gasteiger charge is -2.09. The Hall–Kier alpha value is -2.21. The van der Waals surface area contributed by atoms with Gasteiger partial charge in [-0.1, -0.05) is 18.2 Å². The van der Waals surface area contributed by atoms with Gasteiger partial charge in [0.15, 0.2) is 0 Å². The molecule has 0 aliphatic carbocycles. The van der Waals surface area contributed by atoms with Gasteiger partial charge in [-0.2, -0.15) is 0 Å². The number of aromatic nitrogens is 2. The Labute approximate surface area is 125 Å². The highest BCUT2D eigenvalue weighted by atomic mass is 32.1. The van der Waals surface area contributed by atoms with E-state index in [1.54, 1.807) is 0 Å². The van der Waals surface area contributed by atoms with E-state index in [0.29, 0.717) is 10.2 Å². The van der Waals surface area contributed by atoms with Gasteiger partial charge in [-0.05, 0) is 19.9 Å². The largest absolute Gasteiger partial charge is 0.352 e. The number of thiophene rings is 1. The van der Waals surface area contributed by atoms with Crippen LogP contribution in [0.2, 0.25) is 0 Å². The third kappa shape index (κ3) is 2.54. The molecule has 0 aliphatic heterocycles. The molecule has 21 heavy (non-hydrogen) atoms. The van der Waals surface area contributed by atoms with E-state index in [0.717, 1.165) is 10.1 Å². The molecular formula is C15H15N3O2S. The highest BCUT2D eigenvalue weighted by molar-refractivity contribution is 7.25. The summed E-state index contributed by atoms with van der Waals surface area (Å²) in [5.74, 6) is -0.186. The SMILES string of the molecule is CC(C)NC(=O)Cn1cnc2c(sc3ccccc32)c1=O. The maximum atomic E-state index is 12.5. The van der Waals surface area contributed by atoms with Crippen LogP contribution >= 0.6 is 11.3 Å². The van der Waals surface area contributed by atoms with Crippen molar-refractivity contribution in [1.82, 2.24) is 14.9 Å². The third-order valence-electron chi connectivity index (χ3n) is 3.11. The van der Waals surface area contributed by atoms with Crippen LogP contribution in [0.3, 0.4) is 0 Å². The fourth-order valence-electron chi connectivity index (χ4n) is 2.25. The Balaban J connectivity index is 2.06. The number of nitrogens with one attached hydrogen (secondary N) is 1. The van der Waals surface area contributed by atoms with Crippen molar-refractivity contribution in [3.63, 3.8) is 0 Å². The van der Waals surface area contributed by atoms with Gasteiger partial charge in [0.05, 0.1) is 11.8 Å². The van der Waals surface area contributed by atoms with Crippen molar-refractivity contribution >= 4 is 37.5 Å². The van der Waals surface area contributed by atoms with Gasteiger partial charge < -0.3 is 5.32 Å². The number of carbonyl (C=O) groups excluding carboxylic acids is 1. The molecule has 6 heteroatoms. The van der Waals surface area contributed by atoms with Gasteiger partial charge in [0, 0.05) is 16.1 Å². The summed E-state index contributed by atoms with van der Waals surface area (Å²) in [5, 5.41) is 3.75. The molecule has 5 nitrogen and oxygen atoms in total. The second kappa shape index (κ2) is 5.29. The Morgan fingerprint density at radius 2 is 2.14 bits per heavy atom. The lowest BCUT2D eigenvalue weighted by atomic mass is 10.2. The highest BCUT2D eigenvalue weighted by Gasteiger charge is 2.13. The van der Waals surface area contributed by atoms with E-state index in [9.17, 15) is 9.59 Å². The van der Waals surface area contributed by atoms with Gasteiger partial charge >= 0.3 is 0 Å². The van der Waals surface area contributed by atoms with Crippen molar-refractivity contribution in [2.45, 2.75) is 26.4 Å². The molecule has 2 heterocycles. The number of rotatable bonds is 3. The molecule has 1 N–H and O–H groups in total. The van der Waals surface area contributed by atoms with Crippen LogP contribution in [-0.2, 0) is 11.3 Å². The molecule has 1 aromatic carbocycles. The number of benzene rings is 1. The zero-order valence-electron chi connectivity index (χ0n) is 11.8. The number of fused-ring (bicyclic) bond motifs is 3. The lowest BCUT2D eigenvalue weighted by Crippen LogP contribution is -2.35. The minimum atomic E-state index is -0.186. The Bertz CT molecular complexity index is 879. The standard InChI is InChI=1S/C15H15N3O2S/c1-9(2)17-12(19)7-18-8-16-13-10-5-3-4-6-11(10)21-14(13)15(18)20/h3-6,8-9H,7H2,1-2H3,(H,17,19). The number of amides is 1. The molecule has 108 valence electrons. The Morgan fingerprint density at radius 3 is 2.90 bits per heavy atom. The first-order valence-corrected chi connectivity index (χ1v) is 7.54. The molecule has 0 radical (unpaired) electrons. The van der Waals surface area contributed by atoms with Crippen LogP contribution < -0.4 is 10.9 Å². The van der Waals surface area contributed by atoms with Gasteiger partial charge in [-0.25, -0.2) is 4.98 Å². The fraction of sp³-hybridized carbons (Fsp3) is 0.267. The second-order valence-corrected chi connectivity index (χ2v) is 6.23. The summed E-state index contributed by atoms with van der Waals surface area (Å²) in [4.78, 5) is 28.6. The average Bonchev–Trinajstić information content (AvgIpc) is 2.80. The van der Waals surface area contributed by atoms with E-state index in [1.807, 2.05) is 38.1 Å².